The zero-order valence-corrected chi connectivity index (χ0v) is 17.1. The molecule has 4 rings (SSSR count). The average molecular weight is 410 g/mol. The van der Waals surface area contributed by atoms with E-state index < -0.39 is 0 Å². The van der Waals surface area contributed by atoms with E-state index in [1.165, 1.54) is 0 Å². The number of hydrogen-bond donors (Lipinski definition) is 2. The summed E-state index contributed by atoms with van der Waals surface area (Å²) in [7, 11) is 0. The molecule has 0 aliphatic rings. The topological polar surface area (TPSA) is 90.1 Å². The third kappa shape index (κ3) is 5.05. The van der Waals surface area contributed by atoms with E-state index in [1.54, 1.807) is 36.5 Å². The molecule has 0 atom stereocenters. The maximum atomic E-state index is 12.8. The van der Waals surface area contributed by atoms with Crippen LogP contribution < -0.4 is 15.8 Å². The Morgan fingerprint density at radius 2 is 1.84 bits per heavy atom. The number of nitrogens with two attached hydrogens (primary N) is 1. The van der Waals surface area contributed by atoms with Crippen LogP contribution in [0.4, 0.5) is 11.5 Å². The number of ether oxygens (including phenoxy) is 1. The smallest absolute Gasteiger partial charge is 0.255 e. The quantitative estimate of drug-likeness (QED) is 0.473. The number of pyridine rings is 2. The van der Waals surface area contributed by atoms with Crippen LogP contribution in [0.3, 0.4) is 0 Å². The third-order valence-electron chi connectivity index (χ3n) is 4.78. The number of benzene rings is 2. The van der Waals surface area contributed by atoms with Crippen LogP contribution in [0.15, 0.2) is 85.1 Å². The molecule has 0 aliphatic heterocycles. The first kappa shape index (κ1) is 20.1. The number of carbonyl (C=O) groups is 1. The molecule has 2 aromatic heterocycles. The molecule has 6 nitrogen and oxygen atoms in total. The van der Waals surface area contributed by atoms with Gasteiger partial charge in [-0.15, -0.1) is 0 Å². The maximum absolute atomic E-state index is 12.8. The minimum Gasteiger partial charge on any atom is -0.487 e. The summed E-state index contributed by atoms with van der Waals surface area (Å²) in [5.41, 5.74) is 10.5. The molecule has 0 unspecified atom stereocenters. The van der Waals surface area contributed by atoms with Gasteiger partial charge < -0.3 is 15.8 Å². The highest BCUT2D eigenvalue weighted by Gasteiger charge is 2.10. The van der Waals surface area contributed by atoms with Crippen LogP contribution in [0.25, 0.3) is 11.3 Å². The van der Waals surface area contributed by atoms with Crippen LogP contribution in [-0.2, 0) is 6.61 Å². The van der Waals surface area contributed by atoms with Gasteiger partial charge in [-0.05, 0) is 67.1 Å². The largest absolute Gasteiger partial charge is 0.487 e. The standard InChI is InChI=1S/C25H22N4O2/c1-17-8-9-19(22-6-4-7-24(26)28-22)15-23(17)29-25(30)18-10-12-21(13-11-18)31-16-20-5-2-3-14-27-20/h2-15H,16H2,1H3,(H2,26,28)(H,29,30). The van der Waals surface area contributed by atoms with Crippen molar-refractivity contribution in [1.29, 1.82) is 0 Å². The van der Waals surface area contributed by atoms with Crippen molar-refractivity contribution in [3.05, 3.63) is 102 Å². The number of aryl methyl sites for hydroxylation is 1. The molecule has 2 heterocycles. The Bertz CT molecular complexity index is 1190. The van der Waals surface area contributed by atoms with E-state index in [0.29, 0.717) is 23.7 Å². The van der Waals surface area contributed by atoms with Gasteiger partial charge in [0.25, 0.3) is 5.91 Å². The second-order valence-electron chi connectivity index (χ2n) is 7.07. The van der Waals surface area contributed by atoms with E-state index in [2.05, 4.69) is 15.3 Å². The molecule has 0 spiro atoms. The van der Waals surface area contributed by atoms with Gasteiger partial charge in [-0.1, -0.05) is 24.3 Å². The molecule has 31 heavy (non-hydrogen) atoms. The highest BCUT2D eigenvalue weighted by Crippen LogP contribution is 2.25. The molecular formula is C25H22N4O2. The Labute approximate surface area is 180 Å². The Hall–Kier alpha value is -4.19. The van der Waals surface area contributed by atoms with Gasteiger partial charge in [-0.2, -0.15) is 0 Å². The van der Waals surface area contributed by atoms with Crippen LogP contribution in [0.5, 0.6) is 5.75 Å². The summed E-state index contributed by atoms with van der Waals surface area (Å²) in [4.78, 5) is 21.3. The Kier molecular flexibility index (Phi) is 5.89. The normalized spacial score (nSPS) is 10.5. The lowest BCUT2D eigenvalue weighted by atomic mass is 10.1. The molecule has 154 valence electrons. The number of nitrogens with zero attached hydrogens (tertiary/aromatic N) is 2. The molecule has 0 saturated heterocycles. The number of aromatic nitrogens is 2. The molecule has 2 aromatic carbocycles. The predicted molar refractivity (Wildman–Crippen MR) is 122 cm³/mol. The first-order valence-corrected chi connectivity index (χ1v) is 9.86. The lowest BCUT2D eigenvalue weighted by molar-refractivity contribution is 0.102. The Morgan fingerprint density at radius 1 is 1.00 bits per heavy atom. The van der Waals surface area contributed by atoms with E-state index in [-0.39, 0.29) is 5.91 Å². The van der Waals surface area contributed by atoms with Gasteiger partial charge in [0.15, 0.2) is 0 Å². The first-order valence-electron chi connectivity index (χ1n) is 9.86. The highest BCUT2D eigenvalue weighted by atomic mass is 16.5. The van der Waals surface area contributed by atoms with Gasteiger partial charge >= 0.3 is 0 Å². The second kappa shape index (κ2) is 9.09. The van der Waals surface area contributed by atoms with Crippen molar-refractivity contribution in [1.82, 2.24) is 9.97 Å². The number of rotatable bonds is 6. The fourth-order valence-electron chi connectivity index (χ4n) is 3.07. The summed E-state index contributed by atoms with van der Waals surface area (Å²) in [5, 5.41) is 2.98. The molecule has 0 radical (unpaired) electrons. The van der Waals surface area contributed by atoms with Gasteiger partial charge in [0.2, 0.25) is 0 Å². The van der Waals surface area contributed by atoms with Gasteiger partial charge in [0, 0.05) is 23.0 Å². The summed E-state index contributed by atoms with van der Waals surface area (Å²) in [6.45, 7) is 2.32. The highest BCUT2D eigenvalue weighted by molar-refractivity contribution is 6.05. The van der Waals surface area contributed by atoms with Gasteiger partial charge in [0.1, 0.15) is 18.2 Å². The Morgan fingerprint density at radius 3 is 2.58 bits per heavy atom. The van der Waals surface area contributed by atoms with E-state index in [1.807, 2.05) is 55.5 Å². The molecule has 6 heteroatoms. The van der Waals surface area contributed by atoms with Crippen LogP contribution in [-0.4, -0.2) is 15.9 Å². The Balaban J connectivity index is 1.45. The van der Waals surface area contributed by atoms with Crippen molar-refractivity contribution >= 4 is 17.4 Å². The van der Waals surface area contributed by atoms with E-state index in [4.69, 9.17) is 10.5 Å². The lowest BCUT2D eigenvalue weighted by Gasteiger charge is -2.11. The summed E-state index contributed by atoms with van der Waals surface area (Å²) in [6.07, 6.45) is 1.73. The zero-order valence-electron chi connectivity index (χ0n) is 17.1. The van der Waals surface area contributed by atoms with Gasteiger partial charge in [0.05, 0.1) is 11.4 Å². The predicted octanol–water partition coefficient (Wildman–Crippen LogP) is 4.87. The van der Waals surface area contributed by atoms with Gasteiger partial charge in [-0.25, -0.2) is 4.98 Å². The van der Waals surface area contributed by atoms with E-state index >= 15 is 0 Å². The fraction of sp³-hybridized carbons (Fsp3) is 0.0800. The minimum absolute atomic E-state index is 0.197. The molecule has 4 aromatic rings. The second-order valence-corrected chi connectivity index (χ2v) is 7.07. The lowest BCUT2D eigenvalue weighted by Crippen LogP contribution is -2.12. The van der Waals surface area contributed by atoms with Crippen molar-refractivity contribution < 1.29 is 9.53 Å². The molecule has 0 fully saturated rings. The van der Waals surface area contributed by atoms with E-state index in [9.17, 15) is 4.79 Å². The monoisotopic (exact) mass is 410 g/mol. The van der Waals surface area contributed by atoms with Crippen molar-refractivity contribution in [3.63, 3.8) is 0 Å². The molecular weight excluding hydrogens is 388 g/mol. The van der Waals surface area contributed by atoms with Crippen LogP contribution in [0.1, 0.15) is 21.6 Å². The SMILES string of the molecule is Cc1ccc(-c2cccc(N)n2)cc1NC(=O)c1ccc(OCc2ccccn2)cc1. The average Bonchev–Trinajstić information content (AvgIpc) is 2.80. The summed E-state index contributed by atoms with van der Waals surface area (Å²) >= 11 is 0. The summed E-state index contributed by atoms with van der Waals surface area (Å²) in [5.74, 6) is 0.930. The molecule has 0 bridgehead atoms. The first-order chi connectivity index (χ1) is 15.1. The van der Waals surface area contributed by atoms with Crippen molar-refractivity contribution in [2.24, 2.45) is 0 Å². The molecule has 0 saturated carbocycles. The van der Waals surface area contributed by atoms with Crippen molar-refractivity contribution in [2.45, 2.75) is 13.5 Å². The van der Waals surface area contributed by atoms with Crippen LogP contribution in [0, 0.1) is 6.92 Å². The van der Waals surface area contributed by atoms with Crippen molar-refractivity contribution in [2.75, 3.05) is 11.1 Å². The van der Waals surface area contributed by atoms with Crippen LogP contribution >= 0.6 is 0 Å². The number of hydrogen-bond acceptors (Lipinski definition) is 5. The number of amides is 1. The number of nitrogen functional groups attached to an aromatic ring is 1. The number of anilines is 2. The van der Waals surface area contributed by atoms with Crippen LogP contribution in [0.2, 0.25) is 0 Å². The third-order valence-corrected chi connectivity index (χ3v) is 4.78. The fourth-order valence-corrected chi connectivity index (χ4v) is 3.07. The summed E-state index contributed by atoms with van der Waals surface area (Å²) < 4.78 is 5.73. The molecule has 1 amide bonds. The molecule has 0 aliphatic carbocycles. The summed E-state index contributed by atoms with van der Waals surface area (Å²) in [6, 6.07) is 24.0. The molecule has 3 N–H and O–H groups in total. The van der Waals surface area contributed by atoms with Gasteiger partial charge in [-0.3, -0.25) is 9.78 Å². The zero-order chi connectivity index (χ0) is 21.6. The number of carbonyl (C=O) groups excluding carboxylic acids is 1. The van der Waals surface area contributed by atoms with E-state index in [0.717, 1.165) is 28.2 Å². The maximum Gasteiger partial charge on any atom is 0.255 e. The number of nitrogens with one attached hydrogen (secondary N) is 1. The minimum atomic E-state index is -0.197. The van der Waals surface area contributed by atoms with Crippen molar-refractivity contribution in [3.8, 4) is 17.0 Å².